The van der Waals surface area contributed by atoms with E-state index in [-0.39, 0.29) is 17.4 Å². The van der Waals surface area contributed by atoms with Gasteiger partial charge >= 0.3 is 0 Å². The summed E-state index contributed by atoms with van der Waals surface area (Å²) in [5.74, 6) is 0.247. The van der Waals surface area contributed by atoms with E-state index in [0.717, 1.165) is 12.8 Å². The van der Waals surface area contributed by atoms with Crippen molar-refractivity contribution in [3.63, 3.8) is 0 Å². The Morgan fingerprint density at radius 3 is 2.29 bits per heavy atom. The monoisotopic (exact) mass is 265 g/mol. The maximum absolute atomic E-state index is 11.1. The van der Waals surface area contributed by atoms with Crippen LogP contribution in [0.4, 0.5) is 0 Å². The fourth-order valence-corrected chi connectivity index (χ4v) is 2.77. The minimum Gasteiger partial charge on any atom is -0.374 e. The Kier molecular flexibility index (Phi) is 7.28. The zero-order valence-corrected chi connectivity index (χ0v) is 12.6. The Hall–Kier alpha value is -0.130. The van der Waals surface area contributed by atoms with Gasteiger partial charge in [0.2, 0.25) is 0 Å². The van der Waals surface area contributed by atoms with E-state index in [1.165, 1.54) is 6.26 Å². The van der Waals surface area contributed by atoms with E-state index in [2.05, 4.69) is 19.2 Å². The predicted octanol–water partition coefficient (Wildman–Crippen LogP) is 1.60. The van der Waals surface area contributed by atoms with E-state index in [4.69, 9.17) is 4.74 Å². The number of rotatable bonds is 9. The molecule has 5 heteroatoms. The highest BCUT2D eigenvalue weighted by atomic mass is 32.2. The first kappa shape index (κ1) is 16.9. The van der Waals surface area contributed by atoms with Gasteiger partial charge in [0.25, 0.3) is 0 Å². The second-order valence-corrected chi connectivity index (χ2v) is 6.97. The predicted molar refractivity (Wildman–Crippen MR) is 72.1 cm³/mol. The number of nitrogens with one attached hydrogen (secondary N) is 1. The number of hydrogen-bond acceptors (Lipinski definition) is 4. The quantitative estimate of drug-likeness (QED) is 0.688. The minimum absolute atomic E-state index is 0.189. The number of hydrogen-bond donors (Lipinski definition) is 1. The summed E-state index contributed by atoms with van der Waals surface area (Å²) in [5.41, 5.74) is -0.221. The van der Waals surface area contributed by atoms with E-state index in [0.29, 0.717) is 13.0 Å². The third kappa shape index (κ3) is 6.38. The van der Waals surface area contributed by atoms with Crippen LogP contribution in [-0.4, -0.2) is 45.7 Å². The van der Waals surface area contributed by atoms with Crippen LogP contribution < -0.4 is 5.32 Å². The maximum Gasteiger partial charge on any atom is 0.147 e. The molecule has 2 unspecified atom stereocenters. The fraction of sp³-hybridized carbons (Fsp3) is 1.00. The van der Waals surface area contributed by atoms with Gasteiger partial charge in [0, 0.05) is 24.7 Å². The summed E-state index contributed by atoms with van der Waals surface area (Å²) in [7, 11) is -0.960. The van der Waals surface area contributed by atoms with Crippen LogP contribution in [0.15, 0.2) is 0 Å². The van der Waals surface area contributed by atoms with E-state index in [9.17, 15) is 8.42 Å². The third-order valence-corrected chi connectivity index (χ3v) is 4.30. The Labute approximate surface area is 106 Å². The molecule has 1 N–H and O–H groups in total. The molecule has 2 atom stereocenters. The number of sulfone groups is 1. The molecule has 0 radical (unpaired) electrons. The van der Waals surface area contributed by atoms with Gasteiger partial charge in [-0.3, -0.25) is 0 Å². The van der Waals surface area contributed by atoms with Crippen molar-refractivity contribution in [1.82, 2.24) is 5.32 Å². The molecule has 0 aliphatic rings. The highest BCUT2D eigenvalue weighted by Crippen LogP contribution is 2.23. The summed E-state index contributed by atoms with van der Waals surface area (Å²) < 4.78 is 28.0. The first-order valence-corrected chi connectivity index (χ1v) is 8.34. The normalized spacial score (nSPS) is 17.7. The lowest BCUT2D eigenvalue weighted by Gasteiger charge is -2.36. The van der Waals surface area contributed by atoms with Crippen LogP contribution in [0.3, 0.4) is 0 Å². The molecule has 0 saturated heterocycles. The zero-order chi connectivity index (χ0) is 13.5. The molecule has 0 rings (SSSR count). The van der Waals surface area contributed by atoms with Crippen LogP contribution in [0.5, 0.6) is 0 Å². The molecule has 0 heterocycles. The van der Waals surface area contributed by atoms with Gasteiger partial charge in [-0.15, -0.1) is 0 Å². The van der Waals surface area contributed by atoms with Gasteiger partial charge in [-0.05, 0) is 40.2 Å². The molecule has 104 valence electrons. The van der Waals surface area contributed by atoms with Crippen LogP contribution in [0.1, 0.15) is 40.0 Å². The van der Waals surface area contributed by atoms with Crippen molar-refractivity contribution < 1.29 is 13.2 Å². The van der Waals surface area contributed by atoms with Crippen molar-refractivity contribution >= 4 is 9.84 Å². The smallest absolute Gasteiger partial charge is 0.147 e. The lowest BCUT2D eigenvalue weighted by molar-refractivity contribution is -0.0554. The summed E-state index contributed by atoms with van der Waals surface area (Å²) in [6.07, 6.45) is 3.68. The average molecular weight is 265 g/mol. The highest BCUT2D eigenvalue weighted by molar-refractivity contribution is 7.90. The van der Waals surface area contributed by atoms with Gasteiger partial charge in [0.1, 0.15) is 9.84 Å². The van der Waals surface area contributed by atoms with E-state index >= 15 is 0 Å². The summed E-state index contributed by atoms with van der Waals surface area (Å²) in [5, 5.41) is 3.24. The number of likely N-dealkylation sites (N-methyl/N-ethyl adjacent to an activating group) is 1. The lowest BCUT2D eigenvalue weighted by atomic mass is 9.90. The van der Waals surface area contributed by atoms with E-state index in [1.54, 1.807) is 0 Å². The van der Waals surface area contributed by atoms with Crippen molar-refractivity contribution in [2.45, 2.75) is 51.7 Å². The van der Waals surface area contributed by atoms with Gasteiger partial charge in [0.05, 0.1) is 5.60 Å². The Morgan fingerprint density at radius 2 is 1.94 bits per heavy atom. The molecular formula is C12H27NO3S. The summed E-state index contributed by atoms with van der Waals surface area (Å²) in [6.45, 7) is 6.83. The van der Waals surface area contributed by atoms with Crippen molar-refractivity contribution in [1.29, 1.82) is 0 Å². The third-order valence-electron chi connectivity index (χ3n) is 3.27. The van der Waals surface area contributed by atoms with Crippen molar-refractivity contribution in [3.05, 3.63) is 0 Å². The second-order valence-electron chi connectivity index (χ2n) is 4.71. The molecule has 0 aliphatic heterocycles. The maximum atomic E-state index is 11.1. The van der Waals surface area contributed by atoms with Gasteiger partial charge in [0.15, 0.2) is 0 Å². The summed E-state index contributed by atoms with van der Waals surface area (Å²) >= 11 is 0. The molecule has 0 aromatic carbocycles. The van der Waals surface area contributed by atoms with Crippen LogP contribution in [0, 0.1) is 0 Å². The van der Waals surface area contributed by atoms with Crippen molar-refractivity contribution in [2.75, 3.05) is 25.7 Å². The van der Waals surface area contributed by atoms with Gasteiger partial charge < -0.3 is 10.1 Å². The van der Waals surface area contributed by atoms with Crippen LogP contribution in [0.25, 0.3) is 0 Å². The molecule has 0 spiro atoms. The van der Waals surface area contributed by atoms with Crippen LogP contribution >= 0.6 is 0 Å². The first-order chi connectivity index (χ1) is 7.79. The van der Waals surface area contributed by atoms with Gasteiger partial charge in [-0.1, -0.05) is 6.92 Å². The van der Waals surface area contributed by atoms with E-state index < -0.39 is 9.84 Å². The molecule has 0 saturated carbocycles. The largest absolute Gasteiger partial charge is 0.374 e. The van der Waals surface area contributed by atoms with Gasteiger partial charge in [-0.2, -0.15) is 0 Å². The minimum atomic E-state index is -2.86. The molecule has 0 aromatic heterocycles. The topological polar surface area (TPSA) is 55.4 Å². The molecule has 4 nitrogen and oxygen atoms in total. The molecule has 0 bridgehead atoms. The van der Waals surface area contributed by atoms with Gasteiger partial charge in [-0.25, -0.2) is 8.42 Å². The van der Waals surface area contributed by atoms with Crippen molar-refractivity contribution in [2.24, 2.45) is 0 Å². The highest BCUT2D eigenvalue weighted by Gasteiger charge is 2.31. The van der Waals surface area contributed by atoms with Crippen LogP contribution in [0.2, 0.25) is 0 Å². The SMILES string of the molecule is CCOC(C)(CC)C(CCCS(C)(=O)=O)NC. The molecule has 0 amide bonds. The fourth-order valence-electron chi connectivity index (χ4n) is 2.08. The zero-order valence-electron chi connectivity index (χ0n) is 11.7. The second kappa shape index (κ2) is 7.34. The van der Waals surface area contributed by atoms with Crippen LogP contribution in [-0.2, 0) is 14.6 Å². The molecule has 0 fully saturated rings. The summed E-state index contributed by atoms with van der Waals surface area (Å²) in [6, 6.07) is 0.189. The molecular weight excluding hydrogens is 238 g/mol. The number of ether oxygens (including phenoxy) is 1. The Balaban J connectivity index is 4.39. The van der Waals surface area contributed by atoms with Crippen molar-refractivity contribution in [3.8, 4) is 0 Å². The molecule has 0 aliphatic carbocycles. The first-order valence-electron chi connectivity index (χ1n) is 6.28. The Morgan fingerprint density at radius 1 is 1.35 bits per heavy atom. The van der Waals surface area contributed by atoms with E-state index in [1.807, 2.05) is 14.0 Å². The molecule has 0 aromatic rings. The average Bonchev–Trinajstić information content (AvgIpc) is 2.23. The standard InChI is InChI=1S/C12H27NO3S/c1-6-12(3,16-7-2)11(13-4)9-8-10-17(5,14)15/h11,13H,6-10H2,1-5H3. The molecule has 17 heavy (non-hydrogen) atoms. The Bertz CT molecular complexity index is 303. The summed E-state index contributed by atoms with van der Waals surface area (Å²) in [4.78, 5) is 0. The lowest BCUT2D eigenvalue weighted by Crippen LogP contribution is -2.49.